The number of hydrogen-bond acceptors (Lipinski definition) is 9. The summed E-state index contributed by atoms with van der Waals surface area (Å²) in [5.41, 5.74) is 1.98. The molecular weight excluding hydrogens is 462 g/mol. The summed E-state index contributed by atoms with van der Waals surface area (Å²) in [4.78, 5) is 25.7. The maximum Gasteiger partial charge on any atom is 0.341 e. The van der Waals surface area contributed by atoms with E-state index in [1.165, 1.54) is 23.1 Å². The number of carbonyl (C=O) groups excluding carboxylic acids is 2. The maximum atomic E-state index is 13.0. The summed E-state index contributed by atoms with van der Waals surface area (Å²) in [5, 5.41) is 17.1. The lowest BCUT2D eigenvalue weighted by molar-refractivity contribution is -0.115. The minimum atomic E-state index is -0.489. The maximum absolute atomic E-state index is 13.0. The van der Waals surface area contributed by atoms with E-state index in [1.807, 2.05) is 35.7 Å². The molecule has 1 saturated heterocycles. The Hall–Kier alpha value is -2.76. The molecule has 1 aromatic carbocycles. The molecule has 33 heavy (non-hydrogen) atoms. The molecule has 3 aromatic rings. The van der Waals surface area contributed by atoms with E-state index < -0.39 is 11.2 Å². The van der Waals surface area contributed by atoms with Crippen LogP contribution in [0.1, 0.15) is 37.0 Å². The minimum Gasteiger partial charge on any atom is -0.462 e. The number of nitrogens with one attached hydrogen (secondary N) is 1. The van der Waals surface area contributed by atoms with E-state index in [9.17, 15) is 9.59 Å². The van der Waals surface area contributed by atoms with Crippen molar-refractivity contribution in [3.05, 3.63) is 41.3 Å². The SMILES string of the molecule is CCOC(=O)c1c(-c2ccccc2)csc1NC(=O)C(C)Sc1nnnn1CC1CCCO1. The quantitative estimate of drug-likeness (QED) is 0.358. The number of tetrazole rings is 1. The summed E-state index contributed by atoms with van der Waals surface area (Å²) in [6.07, 6.45) is 2.09. The summed E-state index contributed by atoms with van der Waals surface area (Å²) in [6, 6.07) is 9.55. The van der Waals surface area contributed by atoms with Gasteiger partial charge in [0.15, 0.2) is 0 Å². The van der Waals surface area contributed by atoms with Crippen molar-refractivity contribution >= 4 is 40.0 Å². The number of aromatic nitrogens is 4. The average molecular weight is 488 g/mol. The molecule has 1 N–H and O–H groups in total. The summed E-state index contributed by atoms with van der Waals surface area (Å²) in [5.74, 6) is -0.715. The molecule has 2 aromatic heterocycles. The van der Waals surface area contributed by atoms with Gasteiger partial charge in [0.25, 0.3) is 0 Å². The number of thiophene rings is 1. The number of thioether (sulfide) groups is 1. The molecular formula is C22H25N5O4S2. The van der Waals surface area contributed by atoms with Crippen LogP contribution >= 0.6 is 23.1 Å². The van der Waals surface area contributed by atoms with Gasteiger partial charge in [-0.25, -0.2) is 9.48 Å². The topological polar surface area (TPSA) is 108 Å². The van der Waals surface area contributed by atoms with Gasteiger partial charge in [0.1, 0.15) is 10.6 Å². The monoisotopic (exact) mass is 487 g/mol. The lowest BCUT2D eigenvalue weighted by Gasteiger charge is -2.14. The van der Waals surface area contributed by atoms with Gasteiger partial charge in [-0.3, -0.25) is 4.79 Å². The van der Waals surface area contributed by atoms with Crippen LogP contribution in [0.4, 0.5) is 5.00 Å². The first-order valence-corrected chi connectivity index (χ1v) is 12.5. The zero-order valence-corrected chi connectivity index (χ0v) is 20.0. The van der Waals surface area contributed by atoms with Gasteiger partial charge in [-0.2, -0.15) is 0 Å². The molecule has 4 rings (SSSR count). The molecule has 3 heterocycles. The summed E-state index contributed by atoms with van der Waals surface area (Å²) >= 11 is 2.56. The van der Waals surface area contributed by atoms with Crippen molar-refractivity contribution in [1.29, 1.82) is 0 Å². The fourth-order valence-electron chi connectivity index (χ4n) is 3.49. The minimum absolute atomic E-state index is 0.0895. The smallest absolute Gasteiger partial charge is 0.341 e. The van der Waals surface area contributed by atoms with E-state index in [-0.39, 0.29) is 18.6 Å². The van der Waals surface area contributed by atoms with E-state index in [4.69, 9.17) is 9.47 Å². The second-order valence-corrected chi connectivity index (χ2v) is 9.66. The van der Waals surface area contributed by atoms with Crippen molar-refractivity contribution in [2.75, 3.05) is 18.5 Å². The first kappa shape index (κ1) is 23.4. The predicted molar refractivity (Wildman–Crippen MR) is 126 cm³/mol. The third-order valence-corrected chi connectivity index (χ3v) is 7.11. The van der Waals surface area contributed by atoms with Crippen LogP contribution in [0.15, 0.2) is 40.9 Å². The van der Waals surface area contributed by atoms with E-state index in [1.54, 1.807) is 18.5 Å². The molecule has 0 radical (unpaired) electrons. The fraction of sp³-hybridized carbons (Fsp3) is 0.409. The Morgan fingerprint density at radius 3 is 2.91 bits per heavy atom. The number of nitrogens with zero attached hydrogens (tertiary/aromatic N) is 4. The number of carbonyl (C=O) groups is 2. The zero-order valence-electron chi connectivity index (χ0n) is 18.4. The first-order valence-electron chi connectivity index (χ1n) is 10.8. The van der Waals surface area contributed by atoms with Crippen molar-refractivity contribution in [2.45, 2.75) is 49.7 Å². The zero-order chi connectivity index (χ0) is 23.2. The number of benzene rings is 1. The Morgan fingerprint density at radius 2 is 2.18 bits per heavy atom. The van der Waals surface area contributed by atoms with Crippen LogP contribution in [0.2, 0.25) is 0 Å². The van der Waals surface area contributed by atoms with E-state index in [0.29, 0.717) is 22.3 Å². The van der Waals surface area contributed by atoms with Crippen molar-refractivity contribution in [1.82, 2.24) is 20.2 Å². The number of amides is 1. The molecule has 1 fully saturated rings. The van der Waals surface area contributed by atoms with E-state index >= 15 is 0 Å². The largest absolute Gasteiger partial charge is 0.462 e. The van der Waals surface area contributed by atoms with Crippen LogP contribution in [0.25, 0.3) is 11.1 Å². The van der Waals surface area contributed by atoms with Crippen LogP contribution in [-0.4, -0.2) is 56.7 Å². The molecule has 2 atom stereocenters. The molecule has 1 amide bonds. The number of hydrogen-bond donors (Lipinski definition) is 1. The highest BCUT2D eigenvalue weighted by molar-refractivity contribution is 8.00. The van der Waals surface area contributed by atoms with E-state index in [0.717, 1.165) is 30.6 Å². The van der Waals surface area contributed by atoms with Gasteiger partial charge >= 0.3 is 5.97 Å². The average Bonchev–Trinajstić information content (AvgIpc) is 3.57. The molecule has 9 nitrogen and oxygen atoms in total. The summed E-state index contributed by atoms with van der Waals surface area (Å²) in [6.45, 7) is 5.09. The van der Waals surface area contributed by atoms with Gasteiger partial charge in [0.2, 0.25) is 11.1 Å². The van der Waals surface area contributed by atoms with Crippen molar-refractivity contribution < 1.29 is 19.1 Å². The molecule has 0 bridgehead atoms. The fourth-order valence-corrected chi connectivity index (χ4v) is 5.25. The Kier molecular flexibility index (Phi) is 7.73. The summed E-state index contributed by atoms with van der Waals surface area (Å²) < 4.78 is 12.6. The van der Waals surface area contributed by atoms with Crippen LogP contribution in [0.5, 0.6) is 0 Å². The van der Waals surface area contributed by atoms with Crippen LogP contribution in [-0.2, 0) is 20.8 Å². The Morgan fingerprint density at radius 1 is 1.36 bits per heavy atom. The van der Waals surface area contributed by atoms with Gasteiger partial charge in [-0.05, 0) is 42.7 Å². The Labute approximate surface area is 199 Å². The van der Waals surface area contributed by atoms with Crippen LogP contribution in [0, 0.1) is 0 Å². The molecule has 11 heteroatoms. The standard InChI is InChI=1S/C22H25N5O4S2/c1-3-30-21(29)18-17(15-8-5-4-6-9-15)13-32-20(18)23-19(28)14(2)33-22-24-25-26-27(22)12-16-10-7-11-31-16/h4-6,8-9,13-14,16H,3,7,10-12H2,1-2H3,(H,23,28). The van der Waals surface area contributed by atoms with Gasteiger partial charge in [0.05, 0.1) is 24.5 Å². The van der Waals surface area contributed by atoms with Crippen LogP contribution < -0.4 is 5.32 Å². The molecule has 1 aliphatic rings. The number of ether oxygens (including phenoxy) is 2. The van der Waals surface area contributed by atoms with Crippen molar-refractivity contribution in [3.63, 3.8) is 0 Å². The highest BCUT2D eigenvalue weighted by Gasteiger charge is 2.26. The van der Waals surface area contributed by atoms with Gasteiger partial charge in [-0.1, -0.05) is 42.1 Å². The van der Waals surface area contributed by atoms with Gasteiger partial charge in [-0.15, -0.1) is 16.4 Å². The Balaban J connectivity index is 1.48. The normalized spacial score (nSPS) is 16.5. The third-order valence-electron chi connectivity index (χ3n) is 5.14. The predicted octanol–water partition coefficient (Wildman–Crippen LogP) is 3.88. The van der Waals surface area contributed by atoms with Crippen molar-refractivity contribution in [3.8, 4) is 11.1 Å². The van der Waals surface area contributed by atoms with Gasteiger partial charge in [0, 0.05) is 17.6 Å². The van der Waals surface area contributed by atoms with Gasteiger partial charge < -0.3 is 14.8 Å². The van der Waals surface area contributed by atoms with Crippen molar-refractivity contribution in [2.24, 2.45) is 0 Å². The summed E-state index contributed by atoms with van der Waals surface area (Å²) in [7, 11) is 0. The Bertz CT molecular complexity index is 1100. The highest BCUT2D eigenvalue weighted by Crippen LogP contribution is 2.36. The van der Waals surface area contributed by atoms with E-state index in [2.05, 4.69) is 20.8 Å². The molecule has 0 spiro atoms. The molecule has 174 valence electrons. The van der Waals surface area contributed by atoms with Crippen LogP contribution in [0.3, 0.4) is 0 Å². The second-order valence-electron chi connectivity index (χ2n) is 7.47. The molecule has 0 saturated carbocycles. The molecule has 2 unspecified atom stereocenters. The number of rotatable bonds is 9. The molecule has 0 aliphatic carbocycles. The second kappa shape index (κ2) is 10.9. The number of esters is 1. The first-order chi connectivity index (χ1) is 16.1. The lowest BCUT2D eigenvalue weighted by Crippen LogP contribution is -2.24. The molecule has 1 aliphatic heterocycles. The highest BCUT2D eigenvalue weighted by atomic mass is 32.2. The third kappa shape index (κ3) is 5.60. The number of anilines is 1. The lowest BCUT2D eigenvalue weighted by atomic mass is 10.0.